The van der Waals surface area contributed by atoms with Gasteiger partial charge in [-0.2, -0.15) is 13.2 Å². The van der Waals surface area contributed by atoms with E-state index in [0.717, 1.165) is 6.07 Å². The summed E-state index contributed by atoms with van der Waals surface area (Å²) in [6.07, 6.45) is -4.52. The number of carbonyl (C=O) groups excluding carboxylic acids is 1. The van der Waals surface area contributed by atoms with Crippen LogP contribution in [-0.2, 0) is 6.18 Å². The molecule has 2 N–H and O–H groups in total. The number of nitrogens with two attached hydrogens (primary N) is 1. The van der Waals surface area contributed by atoms with Gasteiger partial charge in [0.05, 0.1) is 11.1 Å². The van der Waals surface area contributed by atoms with E-state index in [1.165, 1.54) is 18.2 Å². The summed E-state index contributed by atoms with van der Waals surface area (Å²) in [7, 11) is 0. The first-order valence-electron chi connectivity index (χ1n) is 5.08. The minimum absolute atomic E-state index is 0.170. The number of nitrogens with zero attached hydrogens (tertiary/aromatic N) is 1. The van der Waals surface area contributed by atoms with Crippen LogP contribution in [0.5, 0.6) is 0 Å². The first kappa shape index (κ1) is 12.3. The average molecular weight is 254 g/mol. The van der Waals surface area contributed by atoms with Gasteiger partial charge in [0.15, 0.2) is 0 Å². The van der Waals surface area contributed by atoms with Gasteiger partial charge in [-0.15, -0.1) is 0 Å². The third-order valence-corrected chi connectivity index (χ3v) is 2.60. The lowest BCUT2D eigenvalue weighted by molar-refractivity contribution is -0.136. The fourth-order valence-corrected chi connectivity index (χ4v) is 1.77. The predicted molar refractivity (Wildman–Crippen MR) is 60.0 cm³/mol. The minimum atomic E-state index is -4.52. The molecule has 0 unspecified atom stereocenters. The summed E-state index contributed by atoms with van der Waals surface area (Å²) in [5, 5.41) is 0.356. The van der Waals surface area contributed by atoms with Crippen LogP contribution < -0.4 is 5.73 Å². The summed E-state index contributed by atoms with van der Waals surface area (Å²) >= 11 is 0. The number of aryl methyl sites for hydroxylation is 1. The van der Waals surface area contributed by atoms with Crippen molar-refractivity contribution in [3.63, 3.8) is 0 Å². The average Bonchev–Trinajstić information content (AvgIpc) is 2.26. The SMILES string of the molecule is Cc1cc(C(N)=O)nc2c(C(F)(F)F)cccc12. The fraction of sp³-hybridized carbons (Fsp3) is 0.167. The Kier molecular flexibility index (Phi) is 2.73. The second-order valence-corrected chi connectivity index (χ2v) is 3.89. The van der Waals surface area contributed by atoms with Gasteiger partial charge in [-0.25, -0.2) is 4.98 Å². The third-order valence-electron chi connectivity index (χ3n) is 2.60. The molecule has 6 heteroatoms. The van der Waals surface area contributed by atoms with E-state index in [-0.39, 0.29) is 11.2 Å². The first-order chi connectivity index (χ1) is 8.30. The van der Waals surface area contributed by atoms with E-state index < -0.39 is 17.6 Å². The lowest BCUT2D eigenvalue weighted by Gasteiger charge is -2.11. The molecule has 3 nitrogen and oxygen atoms in total. The second-order valence-electron chi connectivity index (χ2n) is 3.89. The molecule has 0 aliphatic rings. The number of pyridine rings is 1. The maximum absolute atomic E-state index is 12.8. The lowest BCUT2D eigenvalue weighted by Crippen LogP contribution is -2.15. The van der Waals surface area contributed by atoms with Crippen LogP contribution in [0.4, 0.5) is 13.2 Å². The highest BCUT2D eigenvalue weighted by Gasteiger charge is 2.33. The number of aromatic nitrogens is 1. The predicted octanol–water partition coefficient (Wildman–Crippen LogP) is 2.66. The van der Waals surface area contributed by atoms with Gasteiger partial charge in [-0.05, 0) is 24.6 Å². The van der Waals surface area contributed by atoms with Crippen molar-refractivity contribution in [1.29, 1.82) is 0 Å². The van der Waals surface area contributed by atoms with Crippen molar-refractivity contribution in [2.45, 2.75) is 13.1 Å². The highest BCUT2D eigenvalue weighted by molar-refractivity contribution is 5.95. The molecular formula is C12H9F3N2O. The Hall–Kier alpha value is -2.11. The molecule has 0 bridgehead atoms. The molecule has 0 aliphatic heterocycles. The quantitative estimate of drug-likeness (QED) is 0.850. The second kappa shape index (κ2) is 3.97. The number of benzene rings is 1. The van der Waals surface area contributed by atoms with E-state index in [1.807, 2.05) is 0 Å². The number of primary amides is 1. The van der Waals surface area contributed by atoms with E-state index in [1.54, 1.807) is 6.92 Å². The van der Waals surface area contributed by atoms with Crippen molar-refractivity contribution >= 4 is 16.8 Å². The first-order valence-corrected chi connectivity index (χ1v) is 5.08. The van der Waals surface area contributed by atoms with Gasteiger partial charge in [0, 0.05) is 5.39 Å². The van der Waals surface area contributed by atoms with Crippen molar-refractivity contribution < 1.29 is 18.0 Å². The van der Waals surface area contributed by atoms with Crippen LogP contribution in [-0.4, -0.2) is 10.9 Å². The molecule has 2 rings (SSSR count). The molecule has 0 atom stereocenters. The number of amides is 1. The molecular weight excluding hydrogens is 245 g/mol. The molecule has 0 saturated heterocycles. The van der Waals surface area contributed by atoms with Crippen LogP contribution in [0.1, 0.15) is 21.6 Å². The Morgan fingerprint density at radius 2 is 2.00 bits per heavy atom. The minimum Gasteiger partial charge on any atom is -0.364 e. The topological polar surface area (TPSA) is 56.0 Å². The summed E-state index contributed by atoms with van der Waals surface area (Å²) in [4.78, 5) is 14.7. The molecule has 1 aromatic heterocycles. The molecule has 1 aromatic carbocycles. The Morgan fingerprint density at radius 3 is 2.56 bits per heavy atom. The Balaban J connectivity index is 2.86. The van der Waals surface area contributed by atoms with Crippen LogP contribution >= 0.6 is 0 Å². The van der Waals surface area contributed by atoms with Crippen LogP contribution in [0.25, 0.3) is 10.9 Å². The van der Waals surface area contributed by atoms with Gasteiger partial charge in [0.25, 0.3) is 5.91 Å². The number of halogens is 3. The van der Waals surface area contributed by atoms with Crippen molar-refractivity contribution in [1.82, 2.24) is 4.98 Å². The van der Waals surface area contributed by atoms with Crippen molar-refractivity contribution in [2.75, 3.05) is 0 Å². The van der Waals surface area contributed by atoms with Crippen LogP contribution in [0.3, 0.4) is 0 Å². The number of para-hydroxylation sites is 1. The number of rotatable bonds is 1. The summed E-state index contributed by atoms with van der Waals surface area (Å²) in [5.41, 5.74) is 4.29. The molecule has 0 spiro atoms. The van der Waals surface area contributed by atoms with Gasteiger partial charge in [0.1, 0.15) is 5.69 Å². The molecule has 0 saturated carbocycles. The zero-order valence-corrected chi connectivity index (χ0v) is 9.38. The molecule has 0 aliphatic carbocycles. The van der Waals surface area contributed by atoms with E-state index in [4.69, 9.17) is 5.73 Å². The zero-order chi connectivity index (χ0) is 13.5. The Morgan fingerprint density at radius 1 is 1.33 bits per heavy atom. The maximum atomic E-state index is 12.8. The molecule has 0 radical (unpaired) electrons. The van der Waals surface area contributed by atoms with Crippen molar-refractivity contribution in [2.24, 2.45) is 5.73 Å². The van der Waals surface area contributed by atoms with Gasteiger partial charge in [-0.3, -0.25) is 4.79 Å². The monoisotopic (exact) mass is 254 g/mol. The van der Waals surface area contributed by atoms with E-state index >= 15 is 0 Å². The van der Waals surface area contributed by atoms with Crippen LogP contribution in [0, 0.1) is 6.92 Å². The largest absolute Gasteiger partial charge is 0.418 e. The normalized spacial score (nSPS) is 11.8. The van der Waals surface area contributed by atoms with Gasteiger partial charge in [-0.1, -0.05) is 12.1 Å². The van der Waals surface area contributed by atoms with Gasteiger partial charge in [0.2, 0.25) is 0 Å². The maximum Gasteiger partial charge on any atom is 0.418 e. The molecule has 0 fully saturated rings. The summed E-state index contributed by atoms with van der Waals surface area (Å²) in [5.74, 6) is -0.850. The lowest BCUT2D eigenvalue weighted by atomic mass is 10.0. The molecule has 18 heavy (non-hydrogen) atoms. The fourth-order valence-electron chi connectivity index (χ4n) is 1.77. The summed E-state index contributed by atoms with van der Waals surface area (Å²) in [6, 6.07) is 5.14. The molecule has 1 heterocycles. The third kappa shape index (κ3) is 2.01. The standard InChI is InChI=1S/C12H9F3N2O/c1-6-5-9(11(16)18)17-10-7(6)3-2-4-8(10)12(13,14)15/h2-5H,1H3,(H2,16,18). The van der Waals surface area contributed by atoms with Crippen LogP contribution in [0.2, 0.25) is 0 Å². The van der Waals surface area contributed by atoms with Crippen molar-refractivity contribution in [3.8, 4) is 0 Å². The van der Waals surface area contributed by atoms with E-state index in [2.05, 4.69) is 4.98 Å². The number of alkyl halides is 3. The van der Waals surface area contributed by atoms with Crippen LogP contribution in [0.15, 0.2) is 24.3 Å². The molecule has 2 aromatic rings. The highest BCUT2D eigenvalue weighted by Crippen LogP contribution is 2.34. The summed E-state index contributed by atoms with van der Waals surface area (Å²) in [6.45, 7) is 1.61. The molecule has 1 amide bonds. The zero-order valence-electron chi connectivity index (χ0n) is 9.38. The summed E-state index contributed by atoms with van der Waals surface area (Å²) < 4.78 is 38.5. The Bertz CT molecular complexity index is 635. The highest BCUT2D eigenvalue weighted by atomic mass is 19.4. The number of fused-ring (bicyclic) bond motifs is 1. The van der Waals surface area contributed by atoms with Crippen molar-refractivity contribution in [3.05, 3.63) is 41.1 Å². The number of hydrogen-bond acceptors (Lipinski definition) is 2. The van der Waals surface area contributed by atoms with Gasteiger partial charge >= 0.3 is 6.18 Å². The smallest absolute Gasteiger partial charge is 0.364 e. The molecule has 94 valence electrons. The number of carbonyl (C=O) groups is 1. The Labute approximate surface area is 100 Å². The van der Waals surface area contributed by atoms with E-state index in [0.29, 0.717) is 10.9 Å². The van der Waals surface area contributed by atoms with E-state index in [9.17, 15) is 18.0 Å². The van der Waals surface area contributed by atoms with Gasteiger partial charge < -0.3 is 5.73 Å². The number of hydrogen-bond donors (Lipinski definition) is 1.